The molecule has 0 aliphatic heterocycles. The molecule has 0 radical (unpaired) electrons. The summed E-state index contributed by atoms with van der Waals surface area (Å²) in [5.41, 5.74) is 2.56. The number of pyridine rings is 1. The Morgan fingerprint density at radius 2 is 2.33 bits per heavy atom. The summed E-state index contributed by atoms with van der Waals surface area (Å²) in [5, 5.41) is 0. The molecular formula is C9H11IN2O3. The highest BCUT2D eigenvalue weighted by Crippen LogP contribution is 2.07. The molecule has 0 saturated carbocycles. The van der Waals surface area contributed by atoms with Crippen LogP contribution in [-0.4, -0.2) is 17.5 Å². The van der Waals surface area contributed by atoms with E-state index in [4.69, 9.17) is 4.84 Å². The Balaban J connectivity index is 2.99. The van der Waals surface area contributed by atoms with Gasteiger partial charge < -0.3 is 4.98 Å². The lowest BCUT2D eigenvalue weighted by molar-refractivity contribution is 0.0363. The maximum atomic E-state index is 11.4. The lowest BCUT2D eigenvalue weighted by Gasteiger charge is -2.04. The van der Waals surface area contributed by atoms with Crippen LogP contribution >= 0.6 is 22.6 Å². The maximum Gasteiger partial charge on any atom is 0.280 e. The number of carbonyl (C=O) groups excluding carboxylic acids is 1. The van der Waals surface area contributed by atoms with Gasteiger partial charge in [0.1, 0.15) is 5.56 Å². The van der Waals surface area contributed by atoms with Crippen molar-refractivity contribution < 1.29 is 9.63 Å². The van der Waals surface area contributed by atoms with Gasteiger partial charge in [-0.2, -0.15) is 0 Å². The summed E-state index contributed by atoms with van der Waals surface area (Å²) in [7, 11) is 0. The number of hydrogen-bond acceptors (Lipinski definition) is 3. The van der Waals surface area contributed by atoms with Gasteiger partial charge in [-0.1, -0.05) is 0 Å². The normalized spacial score (nSPS) is 10.1. The summed E-state index contributed by atoms with van der Waals surface area (Å²) in [6.45, 7) is 3.86. The minimum absolute atomic E-state index is 0.0541. The second-order valence-electron chi connectivity index (χ2n) is 2.85. The van der Waals surface area contributed by atoms with Crippen molar-refractivity contribution in [2.45, 2.75) is 13.8 Å². The van der Waals surface area contributed by atoms with Gasteiger partial charge in [0.05, 0.1) is 6.61 Å². The fourth-order valence-electron chi connectivity index (χ4n) is 0.959. The van der Waals surface area contributed by atoms with Gasteiger partial charge in [0.25, 0.3) is 11.5 Å². The van der Waals surface area contributed by atoms with Crippen molar-refractivity contribution in [3.05, 3.63) is 31.2 Å². The van der Waals surface area contributed by atoms with E-state index in [1.54, 1.807) is 13.8 Å². The first-order valence-electron chi connectivity index (χ1n) is 4.37. The number of halogens is 1. The molecule has 0 aliphatic carbocycles. The SMILES string of the molecule is CCONC(=O)c1cc(I)c(C)[nH]c1=O. The second-order valence-corrected chi connectivity index (χ2v) is 4.01. The van der Waals surface area contributed by atoms with Gasteiger partial charge in [0.15, 0.2) is 0 Å². The van der Waals surface area contributed by atoms with Crippen LogP contribution in [0.25, 0.3) is 0 Å². The molecule has 0 bridgehead atoms. The summed E-state index contributed by atoms with van der Waals surface area (Å²) in [6, 6.07) is 1.53. The van der Waals surface area contributed by atoms with Crippen molar-refractivity contribution in [3.8, 4) is 0 Å². The van der Waals surface area contributed by atoms with Gasteiger partial charge >= 0.3 is 0 Å². The van der Waals surface area contributed by atoms with Crippen molar-refractivity contribution in [2.75, 3.05) is 6.61 Å². The fraction of sp³-hybridized carbons (Fsp3) is 0.333. The standard InChI is InChI=1S/C9H11IN2O3/c1-3-15-12-9(14)6-4-7(10)5(2)11-8(6)13/h4H,3H2,1-2H3,(H,11,13)(H,12,14). The van der Waals surface area contributed by atoms with Gasteiger partial charge in [0, 0.05) is 9.26 Å². The molecule has 2 N–H and O–H groups in total. The molecule has 0 fully saturated rings. The number of H-pyrrole nitrogens is 1. The molecule has 82 valence electrons. The first-order valence-corrected chi connectivity index (χ1v) is 5.45. The number of hydrogen-bond donors (Lipinski definition) is 2. The van der Waals surface area contributed by atoms with Gasteiger partial charge in [-0.15, -0.1) is 0 Å². The van der Waals surface area contributed by atoms with E-state index in [2.05, 4.69) is 10.5 Å². The Hall–Kier alpha value is -0.890. The number of rotatable bonds is 3. The molecule has 1 aromatic heterocycles. The molecule has 0 aromatic carbocycles. The van der Waals surface area contributed by atoms with Crippen LogP contribution in [0.2, 0.25) is 0 Å². The summed E-state index contributed by atoms with van der Waals surface area (Å²) < 4.78 is 0.828. The van der Waals surface area contributed by atoms with Crippen molar-refractivity contribution >= 4 is 28.5 Å². The molecule has 6 heteroatoms. The number of amides is 1. The Labute approximate surface area is 100 Å². The minimum Gasteiger partial charge on any atom is -0.325 e. The monoisotopic (exact) mass is 322 g/mol. The topological polar surface area (TPSA) is 71.2 Å². The summed E-state index contributed by atoms with van der Waals surface area (Å²) in [6.07, 6.45) is 0. The van der Waals surface area contributed by atoms with Crippen LogP contribution in [0.4, 0.5) is 0 Å². The van der Waals surface area contributed by atoms with Gasteiger partial charge in [-0.3, -0.25) is 14.4 Å². The quantitative estimate of drug-likeness (QED) is 0.643. The third-order valence-electron chi connectivity index (χ3n) is 1.73. The third-order valence-corrected chi connectivity index (χ3v) is 2.85. The summed E-state index contributed by atoms with van der Waals surface area (Å²) in [4.78, 5) is 30.2. The Kier molecular flexibility index (Phi) is 4.28. The number of nitrogens with one attached hydrogen (secondary N) is 2. The highest BCUT2D eigenvalue weighted by Gasteiger charge is 2.12. The minimum atomic E-state index is -0.531. The van der Waals surface area contributed by atoms with E-state index >= 15 is 0 Å². The molecule has 1 rings (SSSR count). The highest BCUT2D eigenvalue weighted by molar-refractivity contribution is 14.1. The van der Waals surface area contributed by atoms with E-state index in [-0.39, 0.29) is 5.56 Å². The Morgan fingerprint density at radius 1 is 1.67 bits per heavy atom. The highest BCUT2D eigenvalue weighted by atomic mass is 127. The lowest BCUT2D eigenvalue weighted by atomic mass is 10.2. The number of aryl methyl sites for hydroxylation is 1. The van der Waals surface area contributed by atoms with E-state index in [9.17, 15) is 9.59 Å². The molecule has 0 spiro atoms. The smallest absolute Gasteiger partial charge is 0.280 e. The predicted octanol–water partition coefficient (Wildman–Crippen LogP) is 0.969. The van der Waals surface area contributed by atoms with E-state index in [1.165, 1.54) is 6.07 Å². The van der Waals surface area contributed by atoms with Crippen LogP contribution in [0, 0.1) is 10.5 Å². The molecule has 1 aromatic rings. The van der Waals surface area contributed by atoms with Crippen molar-refractivity contribution in [2.24, 2.45) is 0 Å². The molecule has 1 amide bonds. The van der Waals surface area contributed by atoms with Crippen molar-refractivity contribution in [1.82, 2.24) is 10.5 Å². The van der Waals surface area contributed by atoms with E-state index < -0.39 is 11.5 Å². The first kappa shape index (κ1) is 12.2. The number of hydroxylamine groups is 1. The molecule has 15 heavy (non-hydrogen) atoms. The molecule has 5 nitrogen and oxygen atoms in total. The van der Waals surface area contributed by atoms with E-state index in [0.29, 0.717) is 6.61 Å². The third kappa shape index (κ3) is 3.03. The van der Waals surface area contributed by atoms with Gasteiger partial charge in [-0.05, 0) is 42.5 Å². The molecule has 0 unspecified atom stereocenters. The first-order chi connectivity index (χ1) is 7.06. The van der Waals surface area contributed by atoms with Crippen molar-refractivity contribution in [3.63, 3.8) is 0 Å². The van der Waals surface area contributed by atoms with Crippen LogP contribution in [-0.2, 0) is 4.84 Å². The molecule has 0 atom stereocenters. The fourth-order valence-corrected chi connectivity index (χ4v) is 1.41. The summed E-state index contributed by atoms with van der Waals surface area (Å²) in [5.74, 6) is -0.531. The van der Waals surface area contributed by atoms with E-state index in [1.807, 2.05) is 22.6 Å². The molecule has 0 saturated heterocycles. The largest absolute Gasteiger partial charge is 0.325 e. The molecular weight excluding hydrogens is 311 g/mol. The zero-order valence-electron chi connectivity index (χ0n) is 8.39. The van der Waals surface area contributed by atoms with Crippen molar-refractivity contribution in [1.29, 1.82) is 0 Å². The van der Waals surface area contributed by atoms with Crippen LogP contribution < -0.4 is 11.0 Å². The maximum absolute atomic E-state index is 11.4. The average Bonchev–Trinajstić information content (AvgIpc) is 2.20. The van der Waals surface area contributed by atoms with Crippen LogP contribution in [0.1, 0.15) is 23.0 Å². The summed E-state index contributed by atoms with van der Waals surface area (Å²) >= 11 is 2.05. The Bertz CT molecular complexity index is 428. The molecule has 0 aliphatic rings. The zero-order chi connectivity index (χ0) is 11.4. The number of aromatic amines is 1. The van der Waals surface area contributed by atoms with E-state index in [0.717, 1.165) is 9.26 Å². The zero-order valence-corrected chi connectivity index (χ0v) is 10.5. The van der Waals surface area contributed by atoms with Gasteiger partial charge in [0.2, 0.25) is 0 Å². The number of aromatic nitrogens is 1. The Morgan fingerprint density at radius 3 is 2.93 bits per heavy atom. The second kappa shape index (κ2) is 5.26. The van der Waals surface area contributed by atoms with Crippen LogP contribution in [0.5, 0.6) is 0 Å². The predicted molar refractivity (Wildman–Crippen MR) is 63.6 cm³/mol. The lowest BCUT2D eigenvalue weighted by Crippen LogP contribution is -2.30. The van der Waals surface area contributed by atoms with Crippen LogP contribution in [0.15, 0.2) is 10.9 Å². The average molecular weight is 322 g/mol. The van der Waals surface area contributed by atoms with Crippen LogP contribution in [0.3, 0.4) is 0 Å². The molecule has 1 heterocycles. The number of carbonyl (C=O) groups is 1. The van der Waals surface area contributed by atoms with Gasteiger partial charge in [-0.25, -0.2) is 5.48 Å².